The Balaban J connectivity index is 2.30. The predicted octanol–water partition coefficient (Wildman–Crippen LogP) is -0.386. The van der Waals surface area contributed by atoms with Crippen LogP contribution >= 0.6 is 0 Å². The van der Waals surface area contributed by atoms with E-state index in [-0.39, 0.29) is 30.2 Å². The van der Waals surface area contributed by atoms with E-state index in [0.717, 1.165) is 0 Å². The first-order valence-electron chi connectivity index (χ1n) is 5.94. The van der Waals surface area contributed by atoms with Crippen molar-refractivity contribution in [2.45, 2.75) is 19.8 Å². The number of hydrogen-bond acceptors (Lipinski definition) is 3. The second-order valence-corrected chi connectivity index (χ2v) is 4.72. The van der Waals surface area contributed by atoms with Crippen molar-refractivity contribution in [1.82, 2.24) is 10.2 Å². The Morgan fingerprint density at radius 1 is 1.50 bits per heavy atom. The fraction of sp³-hybridized carbons (Fsp3) is 0.727. The van der Waals surface area contributed by atoms with E-state index < -0.39 is 5.97 Å². The number of likely N-dealkylation sites (tertiary alicyclic amines) is 1. The molecule has 7 heteroatoms. The van der Waals surface area contributed by atoms with Crippen molar-refractivity contribution in [2.24, 2.45) is 17.6 Å². The third-order valence-corrected chi connectivity index (χ3v) is 3.00. The fourth-order valence-corrected chi connectivity index (χ4v) is 1.92. The number of rotatable bonds is 5. The molecule has 0 radical (unpaired) electrons. The molecule has 1 saturated heterocycles. The minimum atomic E-state index is -0.883. The molecule has 1 heterocycles. The van der Waals surface area contributed by atoms with E-state index in [4.69, 9.17) is 10.8 Å². The number of carboxylic acids is 1. The average Bonchev–Trinajstić information content (AvgIpc) is 2.74. The number of carbonyl (C=O) groups is 3. The van der Waals surface area contributed by atoms with Crippen LogP contribution in [0.15, 0.2) is 0 Å². The number of nitrogens with one attached hydrogen (secondary N) is 1. The van der Waals surface area contributed by atoms with Gasteiger partial charge < -0.3 is 21.1 Å². The summed E-state index contributed by atoms with van der Waals surface area (Å²) in [5.41, 5.74) is 5.17. The first-order valence-corrected chi connectivity index (χ1v) is 5.94. The van der Waals surface area contributed by atoms with Gasteiger partial charge in [0.05, 0.1) is 5.92 Å². The highest BCUT2D eigenvalue weighted by Gasteiger charge is 2.29. The number of nitrogens with two attached hydrogens (primary N) is 1. The van der Waals surface area contributed by atoms with Crippen molar-refractivity contribution in [2.75, 3.05) is 19.6 Å². The molecule has 7 nitrogen and oxygen atoms in total. The Labute approximate surface area is 105 Å². The van der Waals surface area contributed by atoms with Crippen LogP contribution < -0.4 is 11.1 Å². The monoisotopic (exact) mass is 257 g/mol. The maximum atomic E-state index is 11.7. The summed E-state index contributed by atoms with van der Waals surface area (Å²) >= 11 is 0. The molecule has 0 saturated carbocycles. The van der Waals surface area contributed by atoms with Crippen LogP contribution in [0.5, 0.6) is 0 Å². The summed E-state index contributed by atoms with van der Waals surface area (Å²) in [5, 5.41) is 11.2. The van der Waals surface area contributed by atoms with Gasteiger partial charge in [0.2, 0.25) is 5.91 Å². The van der Waals surface area contributed by atoms with Crippen LogP contribution in [0.4, 0.5) is 4.79 Å². The molecule has 3 amide bonds. The molecule has 1 rings (SSSR count). The largest absolute Gasteiger partial charge is 0.481 e. The van der Waals surface area contributed by atoms with Gasteiger partial charge in [-0.2, -0.15) is 0 Å². The SMILES string of the molecule is CC(CNC(=O)N1CCC(C(N)=O)C1)CC(=O)O. The number of hydrogen-bond donors (Lipinski definition) is 3. The first kappa shape index (κ1) is 14.3. The van der Waals surface area contributed by atoms with Gasteiger partial charge in [-0.15, -0.1) is 0 Å². The van der Waals surface area contributed by atoms with Gasteiger partial charge in [-0.05, 0) is 12.3 Å². The maximum absolute atomic E-state index is 11.7. The first-order chi connectivity index (χ1) is 8.40. The fourth-order valence-electron chi connectivity index (χ4n) is 1.92. The lowest BCUT2D eigenvalue weighted by Crippen LogP contribution is -2.41. The average molecular weight is 257 g/mol. The maximum Gasteiger partial charge on any atom is 0.317 e. The number of nitrogens with zero attached hydrogens (tertiary/aromatic N) is 1. The smallest absolute Gasteiger partial charge is 0.317 e. The molecule has 0 aliphatic carbocycles. The van der Waals surface area contributed by atoms with Gasteiger partial charge in [-0.3, -0.25) is 9.59 Å². The Bertz CT molecular complexity index is 345. The van der Waals surface area contributed by atoms with Crippen molar-refractivity contribution in [1.29, 1.82) is 0 Å². The normalized spacial score (nSPS) is 20.5. The van der Waals surface area contributed by atoms with E-state index in [1.807, 2.05) is 0 Å². The number of aliphatic carboxylic acids is 1. The van der Waals surface area contributed by atoms with Gasteiger partial charge >= 0.3 is 12.0 Å². The Morgan fingerprint density at radius 3 is 2.67 bits per heavy atom. The Hall–Kier alpha value is -1.79. The molecule has 2 atom stereocenters. The Morgan fingerprint density at radius 2 is 2.17 bits per heavy atom. The molecule has 0 bridgehead atoms. The van der Waals surface area contributed by atoms with Crippen LogP contribution in [0.3, 0.4) is 0 Å². The van der Waals surface area contributed by atoms with Crippen molar-refractivity contribution in [3.63, 3.8) is 0 Å². The van der Waals surface area contributed by atoms with Crippen LogP contribution in [0.1, 0.15) is 19.8 Å². The molecule has 1 aliphatic heterocycles. The van der Waals surface area contributed by atoms with Gasteiger partial charge in [0, 0.05) is 26.1 Å². The summed E-state index contributed by atoms with van der Waals surface area (Å²) in [5.74, 6) is -1.66. The highest BCUT2D eigenvalue weighted by atomic mass is 16.4. The number of amides is 3. The van der Waals surface area contributed by atoms with Crippen molar-refractivity contribution < 1.29 is 19.5 Å². The van der Waals surface area contributed by atoms with E-state index in [0.29, 0.717) is 26.1 Å². The van der Waals surface area contributed by atoms with Crippen molar-refractivity contribution in [3.8, 4) is 0 Å². The van der Waals surface area contributed by atoms with E-state index in [1.165, 1.54) is 4.90 Å². The molecule has 1 aliphatic rings. The van der Waals surface area contributed by atoms with Crippen LogP contribution in [-0.2, 0) is 9.59 Å². The molecular formula is C11H19N3O4. The molecule has 4 N–H and O–H groups in total. The summed E-state index contributed by atoms with van der Waals surface area (Å²) in [6.45, 7) is 2.91. The predicted molar refractivity (Wildman–Crippen MR) is 63.7 cm³/mol. The van der Waals surface area contributed by atoms with Crippen LogP contribution in [0, 0.1) is 11.8 Å². The van der Waals surface area contributed by atoms with E-state index in [1.54, 1.807) is 6.92 Å². The lowest BCUT2D eigenvalue weighted by Gasteiger charge is -2.18. The molecule has 2 unspecified atom stereocenters. The zero-order chi connectivity index (χ0) is 13.7. The third-order valence-electron chi connectivity index (χ3n) is 3.00. The van der Waals surface area contributed by atoms with Crippen LogP contribution in [0.2, 0.25) is 0 Å². The highest BCUT2D eigenvalue weighted by Crippen LogP contribution is 2.15. The van der Waals surface area contributed by atoms with Gasteiger partial charge in [-0.25, -0.2) is 4.79 Å². The minimum Gasteiger partial charge on any atom is -0.481 e. The molecule has 102 valence electrons. The van der Waals surface area contributed by atoms with Crippen LogP contribution in [-0.4, -0.2) is 47.5 Å². The van der Waals surface area contributed by atoms with E-state index in [2.05, 4.69) is 5.32 Å². The van der Waals surface area contributed by atoms with Crippen LogP contribution in [0.25, 0.3) is 0 Å². The van der Waals surface area contributed by atoms with Crippen molar-refractivity contribution in [3.05, 3.63) is 0 Å². The lowest BCUT2D eigenvalue weighted by atomic mass is 10.1. The summed E-state index contributed by atoms with van der Waals surface area (Å²) in [7, 11) is 0. The molecule has 0 aromatic heterocycles. The standard InChI is InChI=1S/C11H19N3O4/c1-7(4-9(15)16)5-13-11(18)14-3-2-8(6-14)10(12)17/h7-8H,2-6H2,1H3,(H2,12,17)(H,13,18)(H,15,16). The van der Waals surface area contributed by atoms with Gasteiger partial charge in [-0.1, -0.05) is 6.92 Å². The molecule has 0 aromatic rings. The number of carbonyl (C=O) groups excluding carboxylic acids is 2. The third kappa shape index (κ3) is 4.23. The van der Waals surface area contributed by atoms with Crippen molar-refractivity contribution >= 4 is 17.9 Å². The molecule has 0 aromatic carbocycles. The summed E-state index contributed by atoms with van der Waals surface area (Å²) in [6, 6.07) is -0.268. The number of urea groups is 1. The Kier molecular flexibility index (Phi) is 4.94. The zero-order valence-electron chi connectivity index (χ0n) is 10.4. The summed E-state index contributed by atoms with van der Waals surface area (Å²) < 4.78 is 0. The lowest BCUT2D eigenvalue weighted by molar-refractivity contribution is -0.137. The molecular weight excluding hydrogens is 238 g/mol. The topological polar surface area (TPSA) is 113 Å². The van der Waals surface area contributed by atoms with E-state index in [9.17, 15) is 14.4 Å². The number of carboxylic acid groups (broad SMARTS) is 1. The second kappa shape index (κ2) is 6.23. The minimum absolute atomic E-state index is 0.0180. The molecule has 1 fully saturated rings. The molecule has 0 spiro atoms. The summed E-state index contributed by atoms with van der Waals surface area (Å²) in [4.78, 5) is 34.7. The van der Waals surface area contributed by atoms with Gasteiger partial charge in [0.15, 0.2) is 0 Å². The number of primary amides is 1. The second-order valence-electron chi connectivity index (χ2n) is 4.72. The van der Waals surface area contributed by atoms with E-state index >= 15 is 0 Å². The quantitative estimate of drug-likeness (QED) is 0.622. The highest BCUT2D eigenvalue weighted by molar-refractivity contribution is 5.80. The van der Waals surface area contributed by atoms with Gasteiger partial charge in [0.1, 0.15) is 0 Å². The summed E-state index contributed by atoms with van der Waals surface area (Å²) in [6.07, 6.45) is 0.609. The van der Waals surface area contributed by atoms with Gasteiger partial charge in [0.25, 0.3) is 0 Å². The zero-order valence-corrected chi connectivity index (χ0v) is 10.4. The molecule has 18 heavy (non-hydrogen) atoms.